The van der Waals surface area contributed by atoms with Crippen molar-refractivity contribution >= 4 is 33.0 Å². The highest BCUT2D eigenvalue weighted by Gasteiger charge is 2.51. The molecule has 0 saturated carbocycles. The van der Waals surface area contributed by atoms with Gasteiger partial charge in [-0.05, 0) is 142 Å². The Balaban J connectivity index is 1.12. The van der Waals surface area contributed by atoms with Crippen LogP contribution in [0.2, 0.25) is 0 Å². The van der Waals surface area contributed by atoms with E-state index in [4.69, 9.17) is 23.5 Å². The van der Waals surface area contributed by atoms with E-state index in [0.717, 1.165) is 78.2 Å². The Hall–Kier alpha value is -7.24. The lowest BCUT2D eigenvalue weighted by atomic mass is 9.66. The van der Waals surface area contributed by atoms with Gasteiger partial charge in [-0.2, -0.15) is 0 Å². The maximum Gasteiger partial charge on any atom is 0.227 e. The zero-order chi connectivity index (χ0) is 37.1. The summed E-state index contributed by atoms with van der Waals surface area (Å²) in [5, 5.41) is 2.41. The molecule has 264 valence electrons. The van der Waals surface area contributed by atoms with Crippen LogP contribution in [0.1, 0.15) is 33.4 Å². The Morgan fingerprint density at radius 1 is 0.411 bits per heavy atom. The maximum absolute atomic E-state index is 6.61. The zero-order valence-electron chi connectivity index (χ0n) is 30.6. The Bertz CT molecular complexity index is 3130. The Morgan fingerprint density at radius 2 is 0.946 bits per heavy atom. The maximum atomic E-state index is 6.61. The van der Waals surface area contributed by atoms with E-state index in [0.29, 0.717) is 11.8 Å². The largest absolute Gasteiger partial charge is 0.457 e. The molecule has 12 rings (SSSR count). The van der Waals surface area contributed by atoms with Gasteiger partial charge in [0.25, 0.3) is 0 Å². The summed E-state index contributed by atoms with van der Waals surface area (Å²) in [6, 6.07) is 55.9. The van der Waals surface area contributed by atoms with E-state index in [1.165, 1.54) is 33.0 Å². The van der Waals surface area contributed by atoms with Gasteiger partial charge in [-0.3, -0.25) is 0 Å². The highest BCUT2D eigenvalue weighted by Crippen LogP contribution is 2.62. The van der Waals surface area contributed by atoms with Gasteiger partial charge in [0.2, 0.25) is 11.8 Å². The predicted molar refractivity (Wildman–Crippen MR) is 222 cm³/mol. The zero-order valence-corrected chi connectivity index (χ0v) is 30.6. The number of benzene rings is 8. The molecule has 10 aromatic rings. The summed E-state index contributed by atoms with van der Waals surface area (Å²) in [4.78, 5) is 9.87. The summed E-state index contributed by atoms with van der Waals surface area (Å²) in [7, 11) is 0. The molecule has 2 aromatic heterocycles. The van der Waals surface area contributed by atoms with Crippen LogP contribution in [0.4, 0.5) is 0 Å². The number of aryl methyl sites for hydroxylation is 2. The van der Waals surface area contributed by atoms with Crippen LogP contribution in [0, 0.1) is 13.8 Å². The van der Waals surface area contributed by atoms with Gasteiger partial charge in [0, 0.05) is 22.3 Å². The van der Waals surface area contributed by atoms with Crippen molar-refractivity contribution in [1.82, 2.24) is 9.97 Å². The Labute approximate surface area is 322 Å². The minimum absolute atomic E-state index is 0.549. The van der Waals surface area contributed by atoms with Crippen LogP contribution >= 0.6 is 0 Å². The monoisotopic (exact) mass is 720 g/mol. The lowest BCUT2D eigenvalue weighted by Gasteiger charge is -2.39. The number of fused-ring (bicyclic) bond motifs is 12. The molecule has 0 atom stereocenters. The fraction of sp³-hybridized carbons (Fsp3) is 0.0588. The number of ether oxygens (including phenoxy) is 1. The second-order valence-corrected chi connectivity index (χ2v) is 15.1. The molecule has 5 heteroatoms. The molecule has 8 aromatic carbocycles. The minimum Gasteiger partial charge on any atom is -0.457 e. The molecular formula is C51H32N2O3. The van der Waals surface area contributed by atoms with E-state index >= 15 is 0 Å². The first kappa shape index (κ1) is 31.1. The standard InChI is InChI=1S/C51H32N2O3/c1-29-15-19-43-47(21-29)55-49(52-43)35-23-34(24-36(25-35)50-53-44-20-16-30(2)22-48(44)56-50)33-17-18-39-37(27-33)38-26-31-9-3-4-10-32(31)28-42(38)51(39)40-11-5-7-13-45(40)54-46-14-8-6-12-41(46)51/h3-28H,1-2H3. The van der Waals surface area contributed by atoms with Gasteiger partial charge in [0.15, 0.2) is 11.2 Å². The number of para-hydroxylation sites is 2. The van der Waals surface area contributed by atoms with Crippen molar-refractivity contribution < 1.29 is 13.6 Å². The molecule has 3 heterocycles. The molecule has 0 unspecified atom stereocenters. The van der Waals surface area contributed by atoms with Crippen molar-refractivity contribution in [3.63, 3.8) is 0 Å². The van der Waals surface area contributed by atoms with Crippen LogP contribution in [-0.4, -0.2) is 9.97 Å². The third-order valence-corrected chi connectivity index (χ3v) is 11.7. The normalized spacial score (nSPS) is 13.5. The summed E-state index contributed by atoms with van der Waals surface area (Å²) in [6.07, 6.45) is 0. The number of rotatable bonds is 3. The molecule has 2 aliphatic rings. The molecule has 5 nitrogen and oxygen atoms in total. The highest BCUT2D eigenvalue weighted by molar-refractivity contribution is 5.98. The fourth-order valence-corrected chi connectivity index (χ4v) is 9.12. The number of aromatic nitrogens is 2. The van der Waals surface area contributed by atoms with Gasteiger partial charge in [0.05, 0.1) is 5.41 Å². The van der Waals surface area contributed by atoms with Gasteiger partial charge in [-0.25, -0.2) is 9.97 Å². The van der Waals surface area contributed by atoms with Crippen molar-refractivity contribution in [3.05, 3.63) is 191 Å². The predicted octanol–water partition coefficient (Wildman–Crippen LogP) is 13.2. The third kappa shape index (κ3) is 4.42. The molecule has 56 heavy (non-hydrogen) atoms. The van der Waals surface area contributed by atoms with E-state index < -0.39 is 5.41 Å². The van der Waals surface area contributed by atoms with E-state index in [9.17, 15) is 0 Å². The molecule has 1 aliphatic heterocycles. The quantitative estimate of drug-likeness (QED) is 0.182. The fourth-order valence-electron chi connectivity index (χ4n) is 9.12. The molecule has 0 amide bonds. The average Bonchev–Trinajstić information content (AvgIpc) is 3.93. The highest BCUT2D eigenvalue weighted by atomic mass is 16.5. The van der Waals surface area contributed by atoms with Crippen LogP contribution < -0.4 is 4.74 Å². The number of hydrogen-bond donors (Lipinski definition) is 0. The first-order valence-electron chi connectivity index (χ1n) is 19.0. The molecule has 0 fully saturated rings. The third-order valence-electron chi connectivity index (χ3n) is 11.7. The molecular weight excluding hydrogens is 689 g/mol. The van der Waals surface area contributed by atoms with E-state index in [1.807, 2.05) is 24.3 Å². The SMILES string of the molecule is Cc1ccc2nc(-c3cc(-c4ccc5c(c4)-c4cc6ccccc6cc4C54c5ccccc5Oc5ccccc54)cc(-c4nc5ccc(C)cc5o4)c3)oc2c1. The van der Waals surface area contributed by atoms with Gasteiger partial charge >= 0.3 is 0 Å². The van der Waals surface area contributed by atoms with Crippen molar-refractivity contribution in [2.75, 3.05) is 0 Å². The second kappa shape index (κ2) is 11.4. The summed E-state index contributed by atoms with van der Waals surface area (Å²) >= 11 is 0. The molecule has 0 radical (unpaired) electrons. The Morgan fingerprint density at radius 3 is 1.57 bits per heavy atom. The van der Waals surface area contributed by atoms with Gasteiger partial charge in [-0.15, -0.1) is 0 Å². The molecule has 0 saturated heterocycles. The molecule has 1 aliphatic carbocycles. The smallest absolute Gasteiger partial charge is 0.227 e. The summed E-state index contributed by atoms with van der Waals surface area (Å²) < 4.78 is 19.5. The van der Waals surface area contributed by atoms with Crippen LogP contribution in [-0.2, 0) is 5.41 Å². The lowest BCUT2D eigenvalue weighted by Crippen LogP contribution is -2.32. The summed E-state index contributed by atoms with van der Waals surface area (Å²) in [5.74, 6) is 2.85. The van der Waals surface area contributed by atoms with Crippen molar-refractivity contribution in [3.8, 4) is 56.7 Å². The topological polar surface area (TPSA) is 61.3 Å². The van der Waals surface area contributed by atoms with Crippen LogP contribution in [0.3, 0.4) is 0 Å². The van der Waals surface area contributed by atoms with Crippen molar-refractivity contribution in [2.24, 2.45) is 0 Å². The van der Waals surface area contributed by atoms with E-state index in [2.05, 4.69) is 147 Å². The molecule has 0 N–H and O–H groups in total. The minimum atomic E-state index is -0.571. The first-order valence-corrected chi connectivity index (χ1v) is 19.0. The summed E-state index contributed by atoms with van der Waals surface area (Å²) in [5.41, 5.74) is 15.8. The number of nitrogens with zero attached hydrogens (tertiary/aromatic N) is 2. The Kier molecular flexibility index (Phi) is 6.33. The number of hydrogen-bond acceptors (Lipinski definition) is 5. The first-order chi connectivity index (χ1) is 27.5. The van der Waals surface area contributed by atoms with Crippen LogP contribution in [0.15, 0.2) is 167 Å². The second-order valence-electron chi connectivity index (χ2n) is 15.1. The van der Waals surface area contributed by atoms with E-state index in [-0.39, 0.29) is 0 Å². The van der Waals surface area contributed by atoms with E-state index in [1.54, 1.807) is 0 Å². The van der Waals surface area contributed by atoms with Crippen molar-refractivity contribution in [2.45, 2.75) is 19.3 Å². The lowest BCUT2D eigenvalue weighted by molar-refractivity contribution is 0.436. The molecule has 0 bridgehead atoms. The average molecular weight is 721 g/mol. The molecule has 1 spiro atoms. The van der Waals surface area contributed by atoms with Crippen LogP contribution in [0.25, 0.3) is 78.1 Å². The van der Waals surface area contributed by atoms with Gasteiger partial charge < -0.3 is 13.6 Å². The van der Waals surface area contributed by atoms with Gasteiger partial charge in [-0.1, -0.05) is 84.9 Å². The van der Waals surface area contributed by atoms with Crippen molar-refractivity contribution in [1.29, 1.82) is 0 Å². The van der Waals surface area contributed by atoms with Gasteiger partial charge in [0.1, 0.15) is 22.5 Å². The summed E-state index contributed by atoms with van der Waals surface area (Å²) in [6.45, 7) is 4.12. The number of oxazole rings is 2. The van der Waals surface area contributed by atoms with Crippen LogP contribution in [0.5, 0.6) is 11.5 Å².